The molecule has 3 N–H and O–H groups in total. The summed E-state index contributed by atoms with van der Waals surface area (Å²) in [7, 11) is -4.00. The summed E-state index contributed by atoms with van der Waals surface area (Å²) >= 11 is 0. The van der Waals surface area contributed by atoms with E-state index in [9.17, 15) is 13.2 Å². The number of amides is 1. The average Bonchev–Trinajstić information content (AvgIpc) is 3.24. The molecule has 0 saturated carbocycles. The smallest absolute Gasteiger partial charge is 0.410 e. The molecule has 3 heterocycles. The van der Waals surface area contributed by atoms with Crippen molar-refractivity contribution in [1.29, 1.82) is 0 Å². The first-order valence-electron chi connectivity index (χ1n) is 10.9. The number of likely N-dealkylation sites (tertiary alicyclic amines) is 1. The van der Waals surface area contributed by atoms with Crippen molar-refractivity contribution >= 4 is 38.5 Å². The minimum atomic E-state index is -4.00. The Morgan fingerprint density at radius 1 is 1.24 bits per heavy atom. The summed E-state index contributed by atoms with van der Waals surface area (Å²) in [5, 5.41) is 0.601. The van der Waals surface area contributed by atoms with Gasteiger partial charge in [-0.15, -0.1) is 0 Å². The maximum Gasteiger partial charge on any atom is 0.410 e. The second-order valence-electron chi connectivity index (χ2n) is 9.14. The number of anilines is 2. The van der Waals surface area contributed by atoms with E-state index in [2.05, 4.69) is 9.97 Å². The largest absolute Gasteiger partial charge is 0.444 e. The molecule has 9 nitrogen and oxygen atoms in total. The van der Waals surface area contributed by atoms with Crippen molar-refractivity contribution < 1.29 is 17.9 Å². The van der Waals surface area contributed by atoms with Gasteiger partial charge < -0.3 is 20.4 Å². The third-order valence-electron chi connectivity index (χ3n) is 5.49. The second kappa shape index (κ2) is 8.58. The lowest BCUT2D eigenvalue weighted by Gasteiger charge is -2.40. The van der Waals surface area contributed by atoms with Gasteiger partial charge in [0.2, 0.25) is 0 Å². The van der Waals surface area contributed by atoms with E-state index in [1.54, 1.807) is 68.3 Å². The van der Waals surface area contributed by atoms with Crippen LogP contribution >= 0.6 is 0 Å². The Morgan fingerprint density at radius 3 is 2.67 bits per heavy atom. The number of benzene rings is 1. The molecule has 0 aliphatic carbocycles. The predicted molar refractivity (Wildman–Crippen MR) is 127 cm³/mol. The molecule has 10 heteroatoms. The van der Waals surface area contributed by atoms with E-state index in [0.717, 1.165) is 0 Å². The number of hydrogen-bond acceptors (Lipinski definition) is 6. The van der Waals surface area contributed by atoms with Crippen LogP contribution in [-0.2, 0) is 14.8 Å². The number of sulfonamides is 1. The fourth-order valence-corrected chi connectivity index (χ4v) is 5.84. The molecular formula is C23H29N5O4S. The number of nitrogens with two attached hydrogens (primary N) is 1. The van der Waals surface area contributed by atoms with Crippen LogP contribution in [0.5, 0.6) is 0 Å². The van der Waals surface area contributed by atoms with E-state index >= 15 is 0 Å². The number of nitrogens with one attached hydrogen (secondary N) is 1. The zero-order valence-corrected chi connectivity index (χ0v) is 19.8. The third kappa shape index (κ3) is 4.61. The predicted octanol–water partition coefficient (Wildman–Crippen LogP) is 3.74. The Bertz CT molecular complexity index is 1250. The highest BCUT2D eigenvalue weighted by Crippen LogP contribution is 2.38. The second-order valence-corrected chi connectivity index (χ2v) is 11.0. The molecule has 1 atom stereocenters. The van der Waals surface area contributed by atoms with Crippen LogP contribution in [0.2, 0.25) is 0 Å². The van der Waals surface area contributed by atoms with Gasteiger partial charge in [-0.2, -0.15) is 0 Å². The van der Waals surface area contributed by atoms with Crippen LogP contribution in [0, 0.1) is 0 Å². The third-order valence-corrected chi connectivity index (χ3v) is 7.35. The molecule has 0 spiro atoms. The summed E-state index contributed by atoms with van der Waals surface area (Å²) in [6, 6.07) is 9.47. The number of nitrogens with zero attached hydrogens (tertiary/aromatic N) is 3. The zero-order valence-electron chi connectivity index (χ0n) is 19.0. The molecule has 0 bridgehead atoms. The molecular weight excluding hydrogens is 442 g/mol. The molecule has 1 fully saturated rings. The standard InChI is InChI=1S/C23H29N5O4S/c1-23(2,3)32-22(29)27-13-7-8-16(15-27)28(33(30,31)17-9-5-4-6-10-17)20-18-11-12-25-21(18)26-14-19(20)24/h4-6,9-12,14,16H,7-8,13,15,24H2,1-3H3,(H,25,26)/t16-/m1/s1. The average molecular weight is 472 g/mol. The van der Waals surface area contributed by atoms with E-state index in [1.165, 1.54) is 10.5 Å². The Balaban J connectivity index is 1.81. The molecule has 2 aromatic heterocycles. The first kappa shape index (κ1) is 22.9. The van der Waals surface area contributed by atoms with Crippen molar-refractivity contribution in [3.63, 3.8) is 0 Å². The van der Waals surface area contributed by atoms with Crippen LogP contribution in [-0.4, -0.2) is 54.1 Å². The van der Waals surface area contributed by atoms with E-state index < -0.39 is 27.8 Å². The topological polar surface area (TPSA) is 122 Å². The summed E-state index contributed by atoms with van der Waals surface area (Å²) in [4.78, 5) is 21.8. The number of rotatable bonds is 4. The highest BCUT2D eigenvalue weighted by molar-refractivity contribution is 7.93. The molecule has 3 aromatic rings. The van der Waals surface area contributed by atoms with E-state index in [0.29, 0.717) is 36.1 Å². The van der Waals surface area contributed by atoms with Gasteiger partial charge in [0.05, 0.1) is 28.5 Å². The van der Waals surface area contributed by atoms with E-state index in [-0.39, 0.29) is 17.1 Å². The fourth-order valence-electron chi connectivity index (χ4n) is 4.10. The van der Waals surface area contributed by atoms with Crippen LogP contribution in [0.1, 0.15) is 33.6 Å². The van der Waals surface area contributed by atoms with Gasteiger partial charge in [-0.1, -0.05) is 18.2 Å². The number of aromatic amines is 1. The lowest BCUT2D eigenvalue weighted by molar-refractivity contribution is 0.0202. The molecule has 0 unspecified atom stereocenters. The Kier molecular flexibility index (Phi) is 5.96. The maximum absolute atomic E-state index is 14.0. The van der Waals surface area contributed by atoms with Crippen molar-refractivity contribution in [2.45, 2.75) is 50.2 Å². The van der Waals surface area contributed by atoms with Crippen molar-refractivity contribution in [3.8, 4) is 0 Å². The number of carbonyl (C=O) groups is 1. The highest BCUT2D eigenvalue weighted by atomic mass is 32.2. The van der Waals surface area contributed by atoms with Gasteiger partial charge in [-0.05, 0) is 51.8 Å². The maximum atomic E-state index is 14.0. The number of nitrogen functional groups attached to an aromatic ring is 1. The van der Waals surface area contributed by atoms with Crippen LogP contribution in [0.25, 0.3) is 11.0 Å². The highest BCUT2D eigenvalue weighted by Gasteiger charge is 2.38. The molecule has 1 amide bonds. The lowest BCUT2D eigenvalue weighted by Crippen LogP contribution is -2.53. The molecule has 1 saturated heterocycles. The van der Waals surface area contributed by atoms with Crippen molar-refractivity contribution in [1.82, 2.24) is 14.9 Å². The summed E-state index contributed by atoms with van der Waals surface area (Å²) in [5.74, 6) is 0. The van der Waals surface area contributed by atoms with Crippen molar-refractivity contribution in [2.75, 3.05) is 23.1 Å². The number of H-pyrrole nitrogens is 1. The molecule has 0 radical (unpaired) electrons. The minimum Gasteiger partial charge on any atom is -0.444 e. The number of fused-ring (bicyclic) bond motifs is 1. The summed E-state index contributed by atoms with van der Waals surface area (Å²) < 4.78 is 34.8. The van der Waals surface area contributed by atoms with Gasteiger partial charge in [-0.3, -0.25) is 4.31 Å². The van der Waals surface area contributed by atoms with Crippen molar-refractivity contribution in [2.24, 2.45) is 0 Å². The first-order valence-corrected chi connectivity index (χ1v) is 12.3. The molecule has 176 valence electrons. The quantitative estimate of drug-likeness (QED) is 0.598. The molecule has 33 heavy (non-hydrogen) atoms. The van der Waals surface area contributed by atoms with E-state index in [4.69, 9.17) is 10.5 Å². The Hall–Kier alpha value is -3.27. The minimum absolute atomic E-state index is 0.152. The summed E-state index contributed by atoms with van der Waals surface area (Å²) in [5.41, 5.74) is 6.81. The van der Waals surface area contributed by atoms with Gasteiger partial charge >= 0.3 is 6.09 Å². The monoisotopic (exact) mass is 471 g/mol. The number of piperidine rings is 1. The molecule has 1 aromatic carbocycles. The number of pyridine rings is 1. The number of ether oxygens (including phenoxy) is 1. The van der Waals surface area contributed by atoms with Gasteiger partial charge in [0.1, 0.15) is 11.2 Å². The number of hydrogen-bond donors (Lipinski definition) is 2. The van der Waals surface area contributed by atoms with Crippen LogP contribution in [0.3, 0.4) is 0 Å². The zero-order chi connectivity index (χ0) is 23.8. The SMILES string of the molecule is CC(C)(C)OC(=O)N1CCC[C@@H](N(c2c(N)cnc3[nH]ccc23)S(=O)(=O)c2ccccc2)C1. The van der Waals surface area contributed by atoms with Crippen LogP contribution in [0.4, 0.5) is 16.2 Å². The molecule has 1 aliphatic rings. The number of aromatic nitrogens is 2. The molecule has 4 rings (SSSR count). The normalized spacial score (nSPS) is 17.2. The first-order chi connectivity index (χ1) is 15.6. The van der Waals surface area contributed by atoms with Crippen LogP contribution < -0.4 is 10.0 Å². The summed E-state index contributed by atoms with van der Waals surface area (Å²) in [6.07, 6.45) is 3.89. The number of carbonyl (C=O) groups excluding carboxylic acids is 1. The van der Waals surface area contributed by atoms with Gasteiger partial charge in [0.25, 0.3) is 10.0 Å². The van der Waals surface area contributed by atoms with Crippen molar-refractivity contribution in [3.05, 3.63) is 48.8 Å². The lowest BCUT2D eigenvalue weighted by atomic mass is 10.1. The van der Waals surface area contributed by atoms with Gasteiger partial charge in [-0.25, -0.2) is 18.2 Å². The fraction of sp³-hybridized carbons (Fsp3) is 0.391. The Morgan fingerprint density at radius 2 is 1.97 bits per heavy atom. The van der Waals surface area contributed by atoms with Crippen LogP contribution in [0.15, 0.2) is 53.7 Å². The Labute approximate surface area is 193 Å². The van der Waals surface area contributed by atoms with E-state index in [1.807, 2.05) is 0 Å². The summed E-state index contributed by atoms with van der Waals surface area (Å²) in [6.45, 7) is 6.10. The van der Waals surface area contributed by atoms with Gasteiger partial charge in [0, 0.05) is 24.7 Å². The molecule has 1 aliphatic heterocycles. The van der Waals surface area contributed by atoms with Gasteiger partial charge in [0.15, 0.2) is 0 Å².